The van der Waals surface area contributed by atoms with Crippen LogP contribution in [0, 0.1) is 0 Å². The monoisotopic (exact) mass is 301 g/mol. The molecule has 1 fully saturated rings. The van der Waals surface area contributed by atoms with Crippen molar-refractivity contribution in [2.45, 2.75) is 25.5 Å². The van der Waals surface area contributed by atoms with Crippen molar-refractivity contribution >= 4 is 17.5 Å². The molecule has 0 radical (unpaired) electrons. The minimum absolute atomic E-state index is 0.00848. The van der Waals surface area contributed by atoms with E-state index in [2.05, 4.69) is 5.32 Å². The van der Waals surface area contributed by atoms with Crippen LogP contribution in [-0.4, -0.2) is 11.9 Å². The molecule has 21 heavy (non-hydrogen) atoms. The smallest absolute Gasteiger partial charge is 0.251 e. The molecule has 0 unspecified atom stereocenters. The molecular formula is C17H16ClNO2. The van der Waals surface area contributed by atoms with Crippen LogP contribution in [0.4, 0.5) is 0 Å². The quantitative estimate of drug-likeness (QED) is 0.912. The highest BCUT2D eigenvalue weighted by atomic mass is 35.5. The summed E-state index contributed by atoms with van der Waals surface area (Å²) in [6, 6.07) is 15.1. The van der Waals surface area contributed by atoms with Crippen LogP contribution in [0.1, 0.15) is 28.8 Å². The second-order valence-corrected chi connectivity index (χ2v) is 5.63. The van der Waals surface area contributed by atoms with E-state index in [1.54, 1.807) is 12.1 Å². The molecule has 0 aromatic heterocycles. The molecule has 1 aliphatic rings. The maximum absolute atomic E-state index is 12.0. The van der Waals surface area contributed by atoms with Gasteiger partial charge in [0.1, 0.15) is 12.4 Å². The van der Waals surface area contributed by atoms with Crippen LogP contribution >= 0.6 is 11.6 Å². The predicted molar refractivity (Wildman–Crippen MR) is 82.7 cm³/mol. The molecule has 0 heterocycles. The van der Waals surface area contributed by atoms with Gasteiger partial charge in [-0.1, -0.05) is 23.7 Å². The highest BCUT2D eigenvalue weighted by molar-refractivity contribution is 6.30. The van der Waals surface area contributed by atoms with E-state index in [1.807, 2.05) is 36.4 Å². The van der Waals surface area contributed by atoms with E-state index in [1.165, 1.54) is 0 Å². The molecule has 0 bridgehead atoms. The molecule has 0 atom stereocenters. The SMILES string of the molecule is O=C(NC1CC1)c1cccc(COc2ccc(Cl)cc2)c1. The average molecular weight is 302 g/mol. The number of rotatable bonds is 5. The fourth-order valence-corrected chi connectivity index (χ4v) is 2.12. The van der Waals surface area contributed by atoms with E-state index in [0.717, 1.165) is 24.2 Å². The Morgan fingerprint density at radius 2 is 1.95 bits per heavy atom. The molecule has 1 aliphatic carbocycles. The molecule has 0 aliphatic heterocycles. The topological polar surface area (TPSA) is 38.3 Å². The normalized spacial score (nSPS) is 13.8. The van der Waals surface area contributed by atoms with Crippen molar-refractivity contribution in [3.8, 4) is 5.75 Å². The number of hydrogen-bond acceptors (Lipinski definition) is 2. The molecule has 2 aromatic rings. The number of nitrogens with one attached hydrogen (secondary N) is 1. The molecule has 3 rings (SSSR count). The largest absolute Gasteiger partial charge is 0.489 e. The minimum atomic E-state index is -0.00848. The first-order valence-corrected chi connectivity index (χ1v) is 7.37. The molecule has 1 N–H and O–H groups in total. The first kappa shape index (κ1) is 14.0. The number of benzene rings is 2. The molecule has 1 amide bonds. The zero-order valence-corrected chi connectivity index (χ0v) is 12.3. The Morgan fingerprint density at radius 1 is 1.19 bits per heavy atom. The van der Waals surface area contributed by atoms with Gasteiger partial charge in [-0.25, -0.2) is 0 Å². The Labute approximate surface area is 128 Å². The lowest BCUT2D eigenvalue weighted by Gasteiger charge is -2.08. The molecule has 108 valence electrons. The van der Waals surface area contributed by atoms with Gasteiger partial charge >= 0.3 is 0 Å². The summed E-state index contributed by atoms with van der Waals surface area (Å²) >= 11 is 5.83. The maximum Gasteiger partial charge on any atom is 0.251 e. The molecule has 0 saturated heterocycles. The molecular weight excluding hydrogens is 286 g/mol. The van der Waals surface area contributed by atoms with Gasteiger partial charge in [0, 0.05) is 16.6 Å². The molecule has 1 saturated carbocycles. The summed E-state index contributed by atoms with van der Waals surface area (Å²) in [5.41, 5.74) is 1.65. The highest BCUT2D eigenvalue weighted by Crippen LogP contribution is 2.20. The summed E-state index contributed by atoms with van der Waals surface area (Å²) in [5.74, 6) is 0.748. The number of amides is 1. The Balaban J connectivity index is 1.62. The Morgan fingerprint density at radius 3 is 2.67 bits per heavy atom. The van der Waals surface area contributed by atoms with Gasteiger partial charge in [-0.3, -0.25) is 4.79 Å². The zero-order valence-electron chi connectivity index (χ0n) is 11.5. The predicted octanol–water partition coefficient (Wildman–Crippen LogP) is 3.81. The van der Waals surface area contributed by atoms with Gasteiger partial charge in [-0.15, -0.1) is 0 Å². The van der Waals surface area contributed by atoms with Crippen LogP contribution in [0.2, 0.25) is 5.02 Å². The van der Waals surface area contributed by atoms with Crippen molar-refractivity contribution < 1.29 is 9.53 Å². The summed E-state index contributed by atoms with van der Waals surface area (Å²) in [7, 11) is 0. The zero-order chi connectivity index (χ0) is 14.7. The first-order chi connectivity index (χ1) is 10.2. The van der Waals surface area contributed by atoms with Gasteiger partial charge in [0.2, 0.25) is 0 Å². The third kappa shape index (κ3) is 3.99. The molecule has 3 nitrogen and oxygen atoms in total. The highest BCUT2D eigenvalue weighted by Gasteiger charge is 2.23. The van der Waals surface area contributed by atoms with Gasteiger partial charge in [-0.2, -0.15) is 0 Å². The van der Waals surface area contributed by atoms with Crippen molar-refractivity contribution in [3.05, 3.63) is 64.7 Å². The van der Waals surface area contributed by atoms with E-state index < -0.39 is 0 Å². The van der Waals surface area contributed by atoms with Crippen LogP contribution in [0.25, 0.3) is 0 Å². The molecule has 4 heteroatoms. The van der Waals surface area contributed by atoms with E-state index >= 15 is 0 Å². The van der Waals surface area contributed by atoms with Crippen LogP contribution in [0.15, 0.2) is 48.5 Å². The summed E-state index contributed by atoms with van der Waals surface area (Å²) in [5, 5.41) is 3.66. The number of carbonyl (C=O) groups is 1. The first-order valence-electron chi connectivity index (χ1n) is 6.99. The third-order valence-corrected chi connectivity index (χ3v) is 3.57. The van der Waals surface area contributed by atoms with E-state index in [-0.39, 0.29) is 5.91 Å². The van der Waals surface area contributed by atoms with Gasteiger partial charge in [0.05, 0.1) is 0 Å². The summed E-state index contributed by atoms with van der Waals surface area (Å²) in [4.78, 5) is 12.0. The minimum Gasteiger partial charge on any atom is -0.489 e. The second-order valence-electron chi connectivity index (χ2n) is 5.19. The maximum atomic E-state index is 12.0. The Kier molecular flexibility index (Phi) is 4.11. The van der Waals surface area contributed by atoms with Gasteiger partial charge < -0.3 is 10.1 Å². The van der Waals surface area contributed by atoms with E-state index in [0.29, 0.717) is 23.2 Å². The van der Waals surface area contributed by atoms with Crippen LogP contribution in [0.3, 0.4) is 0 Å². The van der Waals surface area contributed by atoms with Crippen molar-refractivity contribution in [1.29, 1.82) is 0 Å². The van der Waals surface area contributed by atoms with E-state index in [4.69, 9.17) is 16.3 Å². The van der Waals surface area contributed by atoms with Crippen molar-refractivity contribution in [3.63, 3.8) is 0 Å². The average Bonchev–Trinajstić information content (AvgIpc) is 3.31. The number of carbonyl (C=O) groups excluding carboxylic acids is 1. The number of halogens is 1. The lowest BCUT2D eigenvalue weighted by molar-refractivity contribution is 0.0951. The van der Waals surface area contributed by atoms with E-state index in [9.17, 15) is 4.79 Å². The molecule has 2 aromatic carbocycles. The van der Waals surface area contributed by atoms with Crippen molar-refractivity contribution in [2.75, 3.05) is 0 Å². The lowest BCUT2D eigenvalue weighted by Crippen LogP contribution is -2.25. The fourth-order valence-electron chi connectivity index (χ4n) is 2.00. The van der Waals surface area contributed by atoms with Gasteiger partial charge in [0.15, 0.2) is 0 Å². The second kappa shape index (κ2) is 6.19. The summed E-state index contributed by atoms with van der Waals surface area (Å²) in [6.07, 6.45) is 2.18. The Bertz CT molecular complexity index is 635. The van der Waals surface area contributed by atoms with Crippen LogP contribution in [-0.2, 0) is 6.61 Å². The van der Waals surface area contributed by atoms with Gasteiger partial charge in [-0.05, 0) is 54.8 Å². The van der Waals surface area contributed by atoms with Crippen molar-refractivity contribution in [1.82, 2.24) is 5.32 Å². The van der Waals surface area contributed by atoms with Crippen LogP contribution in [0.5, 0.6) is 5.75 Å². The van der Waals surface area contributed by atoms with Gasteiger partial charge in [0.25, 0.3) is 5.91 Å². The van der Waals surface area contributed by atoms with Crippen LogP contribution < -0.4 is 10.1 Å². The summed E-state index contributed by atoms with van der Waals surface area (Å²) in [6.45, 7) is 0.423. The third-order valence-electron chi connectivity index (χ3n) is 3.32. The summed E-state index contributed by atoms with van der Waals surface area (Å²) < 4.78 is 5.68. The number of ether oxygens (including phenoxy) is 1. The lowest BCUT2D eigenvalue weighted by atomic mass is 10.1. The number of hydrogen-bond donors (Lipinski definition) is 1. The Hall–Kier alpha value is -2.00. The van der Waals surface area contributed by atoms with Crippen molar-refractivity contribution in [2.24, 2.45) is 0 Å². The fraction of sp³-hybridized carbons (Fsp3) is 0.235. The standard InChI is InChI=1S/C17H16ClNO2/c18-14-4-8-16(9-5-14)21-11-12-2-1-3-13(10-12)17(20)19-15-6-7-15/h1-5,8-10,15H,6-7,11H2,(H,19,20). The molecule has 0 spiro atoms.